The van der Waals surface area contributed by atoms with Gasteiger partial charge in [-0.05, 0) is 25.1 Å². The predicted octanol–water partition coefficient (Wildman–Crippen LogP) is 2.41. The Hall–Kier alpha value is -2.85. The number of halogens is 1. The number of amides is 1. The Balaban J connectivity index is 1.98. The molecule has 0 spiro atoms. The minimum atomic E-state index is -0.613. The number of ether oxygens (including phenoxy) is 2. The summed E-state index contributed by atoms with van der Waals surface area (Å²) in [6.07, 6.45) is 1.25. The number of nitrogen functional groups attached to an aromatic ring is 1. The van der Waals surface area contributed by atoms with E-state index in [0.29, 0.717) is 5.69 Å². The first-order chi connectivity index (χ1) is 13.3. The molecule has 0 aliphatic heterocycles. The van der Waals surface area contributed by atoms with E-state index >= 15 is 0 Å². The number of carbonyl (C=O) groups is 3. The van der Waals surface area contributed by atoms with E-state index in [1.807, 2.05) is 0 Å². The van der Waals surface area contributed by atoms with Gasteiger partial charge in [0.1, 0.15) is 11.4 Å². The zero-order valence-electron chi connectivity index (χ0n) is 15.0. The van der Waals surface area contributed by atoms with E-state index in [1.165, 1.54) is 25.4 Å². The van der Waals surface area contributed by atoms with Crippen LogP contribution in [0.15, 0.2) is 29.6 Å². The molecule has 3 N–H and O–H groups in total. The van der Waals surface area contributed by atoms with E-state index in [9.17, 15) is 14.4 Å². The molecular weight excluding hydrogens is 408 g/mol. The predicted molar refractivity (Wildman–Crippen MR) is 105 cm³/mol. The maximum Gasteiger partial charge on any atom is 0.343 e. The standard InChI is InChI=1S/C17H17ClN4O5S/c1-3-27-16(25)11-7-20-17(22-14(11)19)28-8-13(23)21-9-4-5-12(18)10(6-9)15(24)26-2/h4-7H,3,8H2,1-2H3,(H,21,23)(H2,19,20,22). The van der Waals surface area contributed by atoms with Crippen molar-refractivity contribution in [2.75, 3.05) is 30.5 Å². The first-order valence-electron chi connectivity index (χ1n) is 7.95. The minimum Gasteiger partial charge on any atom is -0.465 e. The number of nitrogens with two attached hydrogens (primary N) is 1. The van der Waals surface area contributed by atoms with Gasteiger partial charge in [0.05, 0.1) is 30.1 Å². The van der Waals surface area contributed by atoms with Gasteiger partial charge in [0.2, 0.25) is 5.91 Å². The van der Waals surface area contributed by atoms with Crippen LogP contribution < -0.4 is 11.1 Å². The summed E-state index contributed by atoms with van der Waals surface area (Å²) in [4.78, 5) is 43.4. The fourth-order valence-electron chi connectivity index (χ4n) is 2.01. The van der Waals surface area contributed by atoms with E-state index in [0.717, 1.165) is 11.8 Å². The molecule has 1 aromatic heterocycles. The molecule has 0 saturated carbocycles. The topological polar surface area (TPSA) is 134 Å². The highest BCUT2D eigenvalue weighted by Crippen LogP contribution is 2.22. The molecule has 1 heterocycles. The first kappa shape index (κ1) is 21.5. The molecule has 0 unspecified atom stereocenters. The van der Waals surface area contributed by atoms with Crippen LogP contribution in [0.2, 0.25) is 5.02 Å². The van der Waals surface area contributed by atoms with Crippen LogP contribution in [-0.4, -0.2) is 47.3 Å². The van der Waals surface area contributed by atoms with Crippen LogP contribution in [0.5, 0.6) is 0 Å². The van der Waals surface area contributed by atoms with Crippen molar-refractivity contribution in [3.05, 3.63) is 40.5 Å². The van der Waals surface area contributed by atoms with Gasteiger partial charge in [0.15, 0.2) is 5.16 Å². The van der Waals surface area contributed by atoms with Crippen LogP contribution in [-0.2, 0) is 14.3 Å². The van der Waals surface area contributed by atoms with E-state index in [2.05, 4.69) is 20.0 Å². The van der Waals surface area contributed by atoms with E-state index < -0.39 is 11.9 Å². The quantitative estimate of drug-likeness (QED) is 0.390. The molecule has 2 rings (SSSR count). The molecule has 0 aliphatic carbocycles. The number of hydrogen-bond acceptors (Lipinski definition) is 9. The largest absolute Gasteiger partial charge is 0.465 e. The lowest BCUT2D eigenvalue weighted by atomic mass is 10.2. The fraction of sp³-hybridized carbons (Fsp3) is 0.235. The Morgan fingerprint density at radius 3 is 2.64 bits per heavy atom. The Morgan fingerprint density at radius 2 is 2.00 bits per heavy atom. The van der Waals surface area contributed by atoms with E-state index in [-0.39, 0.29) is 45.4 Å². The number of hydrogen-bond donors (Lipinski definition) is 2. The van der Waals surface area contributed by atoms with E-state index in [1.54, 1.807) is 13.0 Å². The van der Waals surface area contributed by atoms with Crippen molar-refractivity contribution < 1.29 is 23.9 Å². The number of nitrogens with one attached hydrogen (secondary N) is 1. The molecule has 1 aromatic carbocycles. The van der Waals surface area contributed by atoms with Crippen molar-refractivity contribution in [1.29, 1.82) is 0 Å². The van der Waals surface area contributed by atoms with Gasteiger partial charge in [-0.2, -0.15) is 0 Å². The number of rotatable bonds is 7. The summed E-state index contributed by atoms with van der Waals surface area (Å²) < 4.78 is 9.48. The summed E-state index contributed by atoms with van der Waals surface area (Å²) in [6, 6.07) is 4.45. The Kier molecular flexibility index (Phi) is 7.59. The molecule has 0 bridgehead atoms. The summed E-state index contributed by atoms with van der Waals surface area (Å²) >= 11 is 6.97. The lowest BCUT2D eigenvalue weighted by Crippen LogP contribution is -2.15. The van der Waals surface area contributed by atoms with E-state index in [4.69, 9.17) is 22.1 Å². The molecule has 28 heavy (non-hydrogen) atoms. The van der Waals surface area contributed by atoms with Crippen molar-refractivity contribution in [2.45, 2.75) is 12.1 Å². The van der Waals surface area contributed by atoms with Crippen molar-refractivity contribution in [2.24, 2.45) is 0 Å². The third-order valence-corrected chi connectivity index (χ3v) is 4.47. The second-order valence-electron chi connectivity index (χ2n) is 5.20. The molecule has 1 amide bonds. The van der Waals surface area contributed by atoms with Crippen molar-refractivity contribution in [3.8, 4) is 0 Å². The smallest absolute Gasteiger partial charge is 0.343 e. The average Bonchev–Trinajstić information content (AvgIpc) is 2.67. The van der Waals surface area contributed by atoms with Crippen LogP contribution in [0, 0.1) is 0 Å². The maximum atomic E-state index is 12.1. The summed E-state index contributed by atoms with van der Waals surface area (Å²) in [7, 11) is 1.24. The minimum absolute atomic E-state index is 0.0195. The van der Waals surface area contributed by atoms with Gasteiger partial charge in [0.25, 0.3) is 0 Å². The molecule has 9 nitrogen and oxygen atoms in total. The molecule has 0 atom stereocenters. The van der Waals surface area contributed by atoms with Crippen molar-refractivity contribution in [3.63, 3.8) is 0 Å². The highest BCUT2D eigenvalue weighted by atomic mass is 35.5. The van der Waals surface area contributed by atoms with Crippen LogP contribution in [0.25, 0.3) is 0 Å². The number of aromatic nitrogens is 2. The summed E-state index contributed by atoms with van der Waals surface area (Å²) in [5, 5.41) is 3.07. The van der Waals surface area contributed by atoms with Gasteiger partial charge in [-0.25, -0.2) is 19.6 Å². The lowest BCUT2D eigenvalue weighted by molar-refractivity contribution is -0.113. The highest BCUT2D eigenvalue weighted by molar-refractivity contribution is 7.99. The average molecular weight is 425 g/mol. The van der Waals surface area contributed by atoms with Gasteiger partial charge < -0.3 is 20.5 Å². The van der Waals surface area contributed by atoms with Gasteiger partial charge in [-0.3, -0.25) is 4.79 Å². The Bertz CT molecular complexity index is 909. The van der Waals surface area contributed by atoms with Gasteiger partial charge in [-0.15, -0.1) is 0 Å². The van der Waals surface area contributed by atoms with Crippen molar-refractivity contribution >= 4 is 52.7 Å². The van der Waals surface area contributed by atoms with Crippen LogP contribution in [0.4, 0.5) is 11.5 Å². The first-order valence-corrected chi connectivity index (χ1v) is 9.32. The zero-order chi connectivity index (χ0) is 20.7. The summed E-state index contributed by atoms with van der Waals surface area (Å²) in [5.41, 5.74) is 6.32. The number of esters is 2. The molecule has 2 aromatic rings. The number of thioether (sulfide) groups is 1. The third-order valence-electron chi connectivity index (χ3n) is 3.28. The molecule has 0 radical (unpaired) electrons. The third kappa shape index (κ3) is 5.57. The van der Waals surface area contributed by atoms with Crippen LogP contribution in [0.3, 0.4) is 0 Å². The molecule has 11 heteroatoms. The Morgan fingerprint density at radius 1 is 1.25 bits per heavy atom. The molecular formula is C17H17ClN4O5S. The van der Waals surface area contributed by atoms with Gasteiger partial charge >= 0.3 is 11.9 Å². The number of nitrogens with zero attached hydrogens (tertiary/aromatic N) is 2. The highest BCUT2D eigenvalue weighted by Gasteiger charge is 2.15. The summed E-state index contributed by atoms with van der Waals surface area (Å²) in [6.45, 7) is 1.88. The molecule has 0 saturated heterocycles. The number of methoxy groups -OCH3 is 1. The van der Waals surface area contributed by atoms with Crippen LogP contribution in [0.1, 0.15) is 27.6 Å². The SMILES string of the molecule is CCOC(=O)c1cnc(SCC(=O)Nc2ccc(Cl)c(C(=O)OC)c2)nc1N. The van der Waals surface area contributed by atoms with Crippen molar-refractivity contribution in [1.82, 2.24) is 9.97 Å². The normalized spacial score (nSPS) is 10.2. The maximum absolute atomic E-state index is 12.1. The molecule has 0 aliphatic rings. The van der Waals surface area contributed by atoms with Gasteiger partial charge in [0, 0.05) is 11.9 Å². The fourth-order valence-corrected chi connectivity index (χ4v) is 2.83. The van der Waals surface area contributed by atoms with Crippen LogP contribution >= 0.6 is 23.4 Å². The Labute approximate surface area is 170 Å². The molecule has 148 valence electrons. The molecule has 0 fully saturated rings. The second kappa shape index (κ2) is 9.90. The van der Waals surface area contributed by atoms with Gasteiger partial charge in [-0.1, -0.05) is 23.4 Å². The summed E-state index contributed by atoms with van der Waals surface area (Å²) in [5.74, 6) is -1.63. The number of anilines is 2. The number of carbonyl (C=O) groups excluding carboxylic acids is 3. The number of benzene rings is 1. The second-order valence-corrected chi connectivity index (χ2v) is 6.54. The monoisotopic (exact) mass is 424 g/mol. The zero-order valence-corrected chi connectivity index (χ0v) is 16.6. The lowest BCUT2D eigenvalue weighted by Gasteiger charge is -2.08.